The molecule has 0 radical (unpaired) electrons. The standard InChI is InChI=1S/C25H18N4O4/c30-24(26-17-10-12-18(13-11-17)27-25(31)23-9-5-15-33-23)21-16-20(22-8-4-14-32-22)28-29(21)19-6-2-1-3-7-19/h1-16H,(H,26,30)(H,27,31). The van der Waals surface area contributed by atoms with Gasteiger partial charge in [0.1, 0.15) is 11.4 Å². The summed E-state index contributed by atoms with van der Waals surface area (Å²) in [4.78, 5) is 25.2. The molecule has 5 aromatic rings. The molecule has 2 aromatic carbocycles. The number of hydrogen-bond donors (Lipinski definition) is 2. The lowest BCUT2D eigenvalue weighted by Gasteiger charge is -2.09. The molecule has 0 aliphatic rings. The SMILES string of the molecule is O=C(Nc1ccc(NC(=O)c2cc(-c3ccco3)nn2-c2ccccc2)cc1)c1ccco1. The predicted molar refractivity (Wildman–Crippen MR) is 122 cm³/mol. The third-order valence-corrected chi connectivity index (χ3v) is 4.86. The van der Waals surface area contributed by atoms with Crippen molar-refractivity contribution in [3.05, 3.63) is 109 Å². The molecule has 2 amide bonds. The summed E-state index contributed by atoms with van der Waals surface area (Å²) in [6.45, 7) is 0. The van der Waals surface area contributed by atoms with E-state index in [1.807, 2.05) is 30.3 Å². The van der Waals surface area contributed by atoms with Crippen LogP contribution in [0.2, 0.25) is 0 Å². The minimum atomic E-state index is -0.353. The molecule has 2 N–H and O–H groups in total. The maximum Gasteiger partial charge on any atom is 0.291 e. The van der Waals surface area contributed by atoms with Crippen LogP contribution in [-0.2, 0) is 0 Å². The summed E-state index contributed by atoms with van der Waals surface area (Å²) in [5, 5.41) is 10.2. The van der Waals surface area contributed by atoms with Gasteiger partial charge in [0.25, 0.3) is 11.8 Å². The van der Waals surface area contributed by atoms with Crippen LogP contribution >= 0.6 is 0 Å². The van der Waals surface area contributed by atoms with Crippen LogP contribution in [0, 0.1) is 0 Å². The lowest BCUT2D eigenvalue weighted by atomic mass is 10.2. The molecule has 3 heterocycles. The first kappa shape index (κ1) is 20.1. The van der Waals surface area contributed by atoms with Gasteiger partial charge in [0, 0.05) is 17.4 Å². The van der Waals surface area contributed by atoms with Crippen molar-refractivity contribution in [1.82, 2.24) is 9.78 Å². The first-order valence-electron chi connectivity index (χ1n) is 10.1. The van der Waals surface area contributed by atoms with Gasteiger partial charge >= 0.3 is 0 Å². The van der Waals surface area contributed by atoms with E-state index < -0.39 is 0 Å². The monoisotopic (exact) mass is 438 g/mol. The van der Waals surface area contributed by atoms with E-state index in [4.69, 9.17) is 8.83 Å². The summed E-state index contributed by atoms with van der Waals surface area (Å²) in [5.74, 6) is 0.0924. The van der Waals surface area contributed by atoms with Gasteiger partial charge in [0.15, 0.2) is 11.5 Å². The van der Waals surface area contributed by atoms with Crippen molar-refractivity contribution in [2.75, 3.05) is 10.6 Å². The molecule has 0 fully saturated rings. The number of aromatic nitrogens is 2. The zero-order valence-electron chi connectivity index (χ0n) is 17.3. The highest BCUT2D eigenvalue weighted by molar-refractivity contribution is 6.05. The molecule has 0 atom stereocenters. The molecule has 33 heavy (non-hydrogen) atoms. The van der Waals surface area contributed by atoms with Crippen molar-refractivity contribution < 1.29 is 18.4 Å². The molecular weight excluding hydrogens is 420 g/mol. The summed E-state index contributed by atoms with van der Waals surface area (Å²) in [5.41, 5.74) is 2.78. The van der Waals surface area contributed by atoms with Gasteiger partial charge in [-0.25, -0.2) is 4.68 Å². The first-order valence-corrected chi connectivity index (χ1v) is 10.1. The molecule has 8 nitrogen and oxygen atoms in total. The number of nitrogens with zero attached hydrogens (tertiary/aromatic N) is 2. The number of rotatable bonds is 6. The van der Waals surface area contributed by atoms with Gasteiger partial charge in [-0.05, 0) is 60.7 Å². The maximum absolute atomic E-state index is 13.1. The number of carbonyl (C=O) groups excluding carboxylic acids is 2. The molecular formula is C25H18N4O4. The van der Waals surface area contributed by atoms with Gasteiger partial charge in [-0.3, -0.25) is 9.59 Å². The normalized spacial score (nSPS) is 10.7. The molecule has 3 aromatic heterocycles. The van der Waals surface area contributed by atoms with Crippen LogP contribution in [0.25, 0.3) is 17.1 Å². The van der Waals surface area contributed by atoms with E-state index in [-0.39, 0.29) is 17.6 Å². The van der Waals surface area contributed by atoms with E-state index in [0.29, 0.717) is 28.5 Å². The van der Waals surface area contributed by atoms with Gasteiger partial charge in [0.2, 0.25) is 0 Å². The average Bonchev–Trinajstić information content (AvgIpc) is 3.62. The van der Waals surface area contributed by atoms with Crippen LogP contribution < -0.4 is 10.6 Å². The van der Waals surface area contributed by atoms with Gasteiger partial charge in [-0.15, -0.1) is 0 Å². The molecule has 8 heteroatoms. The minimum absolute atomic E-state index is 0.217. The van der Waals surface area contributed by atoms with Crippen molar-refractivity contribution in [3.63, 3.8) is 0 Å². The van der Waals surface area contributed by atoms with Crippen LogP contribution in [-0.4, -0.2) is 21.6 Å². The Kier molecular flexibility index (Phi) is 5.30. The molecule has 0 saturated heterocycles. The van der Waals surface area contributed by atoms with E-state index in [1.165, 1.54) is 6.26 Å². The zero-order valence-corrected chi connectivity index (χ0v) is 17.3. The van der Waals surface area contributed by atoms with Crippen molar-refractivity contribution in [2.24, 2.45) is 0 Å². The summed E-state index contributed by atoms with van der Waals surface area (Å²) in [6, 6.07) is 24.6. The van der Waals surface area contributed by atoms with Crippen LogP contribution in [0.4, 0.5) is 11.4 Å². The number of amides is 2. The van der Waals surface area contributed by atoms with E-state index in [0.717, 1.165) is 5.69 Å². The highest BCUT2D eigenvalue weighted by atomic mass is 16.3. The Balaban J connectivity index is 1.36. The minimum Gasteiger partial charge on any atom is -0.463 e. The lowest BCUT2D eigenvalue weighted by Crippen LogP contribution is -2.17. The summed E-state index contributed by atoms with van der Waals surface area (Å²) in [6.07, 6.45) is 2.99. The fraction of sp³-hybridized carbons (Fsp3) is 0. The predicted octanol–water partition coefficient (Wildman–Crippen LogP) is 5.23. The number of hydrogen-bond acceptors (Lipinski definition) is 5. The van der Waals surface area contributed by atoms with Gasteiger partial charge in [-0.1, -0.05) is 18.2 Å². The molecule has 0 saturated carbocycles. The topological polar surface area (TPSA) is 102 Å². The van der Waals surface area contributed by atoms with Crippen molar-refractivity contribution in [2.45, 2.75) is 0 Å². The third-order valence-electron chi connectivity index (χ3n) is 4.86. The second kappa shape index (κ2) is 8.72. The second-order valence-corrected chi connectivity index (χ2v) is 7.10. The summed E-state index contributed by atoms with van der Waals surface area (Å²) in [7, 11) is 0. The Hall–Kier alpha value is -4.85. The third kappa shape index (κ3) is 4.31. The fourth-order valence-electron chi connectivity index (χ4n) is 3.29. The molecule has 5 rings (SSSR count). The Morgan fingerprint density at radius 2 is 1.39 bits per heavy atom. The van der Waals surface area contributed by atoms with Gasteiger partial charge in [0.05, 0.1) is 18.2 Å². The number of carbonyl (C=O) groups is 2. The first-order chi connectivity index (χ1) is 16.2. The molecule has 0 aliphatic heterocycles. The lowest BCUT2D eigenvalue weighted by molar-refractivity contribution is 0.0993. The molecule has 162 valence electrons. The maximum atomic E-state index is 13.1. The van der Waals surface area contributed by atoms with Crippen LogP contribution in [0.5, 0.6) is 0 Å². The molecule has 0 aliphatic carbocycles. The zero-order chi connectivity index (χ0) is 22.6. The number of benzene rings is 2. The van der Waals surface area contributed by atoms with Crippen molar-refractivity contribution in [3.8, 4) is 17.1 Å². The Morgan fingerprint density at radius 3 is 2.03 bits per heavy atom. The Labute approximate surface area is 188 Å². The molecule has 0 bridgehead atoms. The number of anilines is 2. The van der Waals surface area contributed by atoms with Gasteiger partial charge in [-0.2, -0.15) is 5.10 Å². The summed E-state index contributed by atoms with van der Waals surface area (Å²) < 4.78 is 12.1. The highest BCUT2D eigenvalue weighted by Gasteiger charge is 2.19. The molecule has 0 unspecified atom stereocenters. The van der Waals surface area contributed by atoms with Crippen molar-refractivity contribution in [1.29, 1.82) is 0 Å². The number of para-hydroxylation sites is 1. The molecule has 0 spiro atoms. The smallest absolute Gasteiger partial charge is 0.291 e. The van der Waals surface area contributed by atoms with E-state index in [9.17, 15) is 9.59 Å². The highest BCUT2D eigenvalue weighted by Crippen LogP contribution is 2.23. The van der Waals surface area contributed by atoms with E-state index in [1.54, 1.807) is 65.5 Å². The number of nitrogens with one attached hydrogen (secondary N) is 2. The summed E-state index contributed by atoms with van der Waals surface area (Å²) >= 11 is 0. The largest absolute Gasteiger partial charge is 0.463 e. The van der Waals surface area contributed by atoms with Crippen LogP contribution in [0.1, 0.15) is 21.0 Å². The fourth-order valence-corrected chi connectivity index (χ4v) is 3.29. The average molecular weight is 438 g/mol. The van der Waals surface area contributed by atoms with Crippen molar-refractivity contribution >= 4 is 23.2 Å². The van der Waals surface area contributed by atoms with Crippen LogP contribution in [0.3, 0.4) is 0 Å². The van der Waals surface area contributed by atoms with Gasteiger partial charge < -0.3 is 19.5 Å². The quantitative estimate of drug-likeness (QED) is 0.378. The second-order valence-electron chi connectivity index (χ2n) is 7.10. The van der Waals surface area contributed by atoms with E-state index >= 15 is 0 Å². The Bertz CT molecular complexity index is 1370. The Morgan fingerprint density at radius 1 is 0.727 bits per heavy atom. The number of furan rings is 2. The van der Waals surface area contributed by atoms with E-state index in [2.05, 4.69) is 15.7 Å². The van der Waals surface area contributed by atoms with Crippen LogP contribution in [0.15, 0.2) is 106 Å².